The van der Waals surface area contributed by atoms with Crippen molar-refractivity contribution in [2.75, 3.05) is 12.5 Å². The third-order valence-corrected chi connectivity index (χ3v) is 2.54. The lowest BCUT2D eigenvalue weighted by molar-refractivity contribution is -0.166. The molecule has 0 spiro atoms. The Morgan fingerprint density at radius 1 is 1.25 bits per heavy atom. The Morgan fingerprint density at radius 2 is 1.94 bits per heavy atom. The summed E-state index contributed by atoms with van der Waals surface area (Å²) in [5, 5.41) is 0. The van der Waals surface area contributed by atoms with Crippen molar-refractivity contribution >= 4 is 11.6 Å². The van der Waals surface area contributed by atoms with E-state index in [1.807, 2.05) is 44.2 Å². The van der Waals surface area contributed by atoms with Crippen LogP contribution in [-0.4, -0.2) is 18.8 Å². The molecule has 0 heterocycles. The molecule has 0 aliphatic heterocycles. The lowest BCUT2D eigenvalue weighted by Crippen LogP contribution is -2.19. The topological polar surface area (TPSA) is 18.5 Å². The summed E-state index contributed by atoms with van der Waals surface area (Å²) in [6, 6.07) is 10.1. The van der Waals surface area contributed by atoms with Gasteiger partial charge in [0.2, 0.25) is 0 Å². The van der Waals surface area contributed by atoms with Gasteiger partial charge in [-0.3, -0.25) is 0 Å². The van der Waals surface area contributed by atoms with Gasteiger partial charge in [0.1, 0.15) is 0 Å². The fourth-order valence-corrected chi connectivity index (χ4v) is 1.67. The minimum absolute atomic E-state index is 0.0287. The van der Waals surface area contributed by atoms with Gasteiger partial charge in [-0.05, 0) is 19.4 Å². The maximum absolute atomic E-state index is 5.81. The standard InChI is InChI=1S/C13H19ClO2/c1-3-15-13(9-10-14)16-11(2)12-7-5-4-6-8-12/h4-8,11,13H,3,9-10H2,1-2H3. The van der Waals surface area contributed by atoms with E-state index in [2.05, 4.69) is 0 Å². The Balaban J connectivity index is 2.50. The highest BCUT2D eigenvalue weighted by atomic mass is 35.5. The highest BCUT2D eigenvalue weighted by molar-refractivity contribution is 6.17. The molecule has 2 atom stereocenters. The Morgan fingerprint density at radius 3 is 2.50 bits per heavy atom. The molecule has 1 aromatic carbocycles. The SMILES string of the molecule is CCOC(CCCl)OC(C)c1ccccc1. The zero-order chi connectivity index (χ0) is 11.8. The fourth-order valence-electron chi connectivity index (χ4n) is 1.50. The molecule has 1 rings (SSSR count). The van der Waals surface area contributed by atoms with Gasteiger partial charge in [-0.15, -0.1) is 11.6 Å². The first-order valence-electron chi connectivity index (χ1n) is 5.66. The number of hydrogen-bond donors (Lipinski definition) is 0. The first-order valence-corrected chi connectivity index (χ1v) is 6.19. The molecule has 0 saturated carbocycles. The van der Waals surface area contributed by atoms with Crippen molar-refractivity contribution in [3.05, 3.63) is 35.9 Å². The summed E-state index contributed by atoms with van der Waals surface area (Å²) in [6.07, 6.45) is 0.533. The molecule has 0 amide bonds. The maximum atomic E-state index is 5.81. The van der Waals surface area contributed by atoms with Gasteiger partial charge in [-0.1, -0.05) is 30.3 Å². The normalized spacial score (nSPS) is 14.7. The number of alkyl halides is 1. The molecule has 0 N–H and O–H groups in total. The Bertz CT molecular complexity index is 271. The van der Waals surface area contributed by atoms with Crippen LogP contribution < -0.4 is 0 Å². The summed E-state index contributed by atoms with van der Waals surface area (Å²) in [5.74, 6) is 0.548. The van der Waals surface area contributed by atoms with E-state index in [-0.39, 0.29) is 12.4 Å². The lowest BCUT2D eigenvalue weighted by atomic mass is 10.1. The van der Waals surface area contributed by atoms with Crippen LogP contribution in [-0.2, 0) is 9.47 Å². The molecule has 0 saturated heterocycles. The zero-order valence-electron chi connectivity index (χ0n) is 9.86. The molecule has 16 heavy (non-hydrogen) atoms. The maximum Gasteiger partial charge on any atom is 0.159 e. The van der Waals surface area contributed by atoms with Crippen LogP contribution in [0.15, 0.2) is 30.3 Å². The molecule has 0 bridgehead atoms. The number of benzene rings is 1. The van der Waals surface area contributed by atoms with Gasteiger partial charge in [-0.2, -0.15) is 0 Å². The average Bonchev–Trinajstić information content (AvgIpc) is 2.31. The van der Waals surface area contributed by atoms with Crippen molar-refractivity contribution in [3.8, 4) is 0 Å². The smallest absolute Gasteiger partial charge is 0.159 e. The second-order valence-electron chi connectivity index (χ2n) is 3.55. The van der Waals surface area contributed by atoms with Crippen LogP contribution >= 0.6 is 11.6 Å². The van der Waals surface area contributed by atoms with Crippen molar-refractivity contribution < 1.29 is 9.47 Å². The van der Waals surface area contributed by atoms with E-state index in [4.69, 9.17) is 21.1 Å². The Labute approximate surface area is 103 Å². The molecule has 0 aromatic heterocycles. The molecule has 0 radical (unpaired) electrons. The van der Waals surface area contributed by atoms with Crippen LogP contribution in [0.4, 0.5) is 0 Å². The van der Waals surface area contributed by atoms with E-state index < -0.39 is 0 Å². The van der Waals surface area contributed by atoms with Crippen molar-refractivity contribution in [3.63, 3.8) is 0 Å². The summed E-state index contributed by atoms with van der Waals surface area (Å²) in [7, 11) is 0. The lowest BCUT2D eigenvalue weighted by Gasteiger charge is -2.21. The summed E-state index contributed by atoms with van der Waals surface area (Å²) in [4.78, 5) is 0. The van der Waals surface area contributed by atoms with Crippen molar-refractivity contribution in [2.45, 2.75) is 32.7 Å². The van der Waals surface area contributed by atoms with Gasteiger partial charge >= 0.3 is 0 Å². The largest absolute Gasteiger partial charge is 0.353 e. The molecule has 0 fully saturated rings. The van der Waals surface area contributed by atoms with Gasteiger partial charge in [0, 0.05) is 18.9 Å². The molecule has 3 heteroatoms. The summed E-state index contributed by atoms with van der Waals surface area (Å²) >= 11 is 5.70. The Kier molecular flexibility index (Phi) is 6.46. The van der Waals surface area contributed by atoms with E-state index in [1.54, 1.807) is 0 Å². The molecule has 0 aliphatic rings. The van der Waals surface area contributed by atoms with Crippen LogP contribution in [0.1, 0.15) is 31.9 Å². The van der Waals surface area contributed by atoms with E-state index in [0.717, 1.165) is 5.56 Å². The van der Waals surface area contributed by atoms with Crippen molar-refractivity contribution in [1.82, 2.24) is 0 Å². The van der Waals surface area contributed by atoms with Gasteiger partial charge in [0.25, 0.3) is 0 Å². The number of halogens is 1. The van der Waals surface area contributed by atoms with Gasteiger partial charge < -0.3 is 9.47 Å². The highest BCUT2D eigenvalue weighted by Crippen LogP contribution is 2.19. The van der Waals surface area contributed by atoms with Gasteiger partial charge in [0.05, 0.1) is 6.10 Å². The van der Waals surface area contributed by atoms with Gasteiger partial charge in [-0.25, -0.2) is 0 Å². The first kappa shape index (κ1) is 13.5. The second kappa shape index (κ2) is 7.66. The summed E-state index contributed by atoms with van der Waals surface area (Å²) < 4.78 is 11.3. The second-order valence-corrected chi connectivity index (χ2v) is 3.93. The predicted octanol–water partition coefficient (Wildman–Crippen LogP) is 3.76. The highest BCUT2D eigenvalue weighted by Gasteiger charge is 2.13. The monoisotopic (exact) mass is 242 g/mol. The number of hydrogen-bond acceptors (Lipinski definition) is 2. The predicted molar refractivity (Wildman–Crippen MR) is 66.7 cm³/mol. The number of ether oxygens (including phenoxy) is 2. The summed E-state index contributed by atoms with van der Waals surface area (Å²) in [5.41, 5.74) is 1.15. The number of rotatable bonds is 7. The first-order chi connectivity index (χ1) is 7.77. The van der Waals surface area contributed by atoms with E-state index in [0.29, 0.717) is 18.9 Å². The third-order valence-electron chi connectivity index (χ3n) is 2.32. The van der Waals surface area contributed by atoms with Crippen LogP contribution in [0.3, 0.4) is 0 Å². The molecule has 2 unspecified atom stereocenters. The van der Waals surface area contributed by atoms with E-state index in [1.165, 1.54) is 0 Å². The van der Waals surface area contributed by atoms with E-state index >= 15 is 0 Å². The van der Waals surface area contributed by atoms with Crippen molar-refractivity contribution in [1.29, 1.82) is 0 Å². The third kappa shape index (κ3) is 4.52. The van der Waals surface area contributed by atoms with Crippen LogP contribution in [0.5, 0.6) is 0 Å². The molecule has 0 aliphatic carbocycles. The Hall–Kier alpha value is -0.570. The average molecular weight is 243 g/mol. The van der Waals surface area contributed by atoms with Crippen LogP contribution in [0.25, 0.3) is 0 Å². The quantitative estimate of drug-likeness (QED) is 0.536. The van der Waals surface area contributed by atoms with Crippen LogP contribution in [0.2, 0.25) is 0 Å². The summed E-state index contributed by atoms with van der Waals surface area (Å²) in [6.45, 7) is 4.62. The molecule has 90 valence electrons. The fraction of sp³-hybridized carbons (Fsp3) is 0.538. The molecule has 1 aromatic rings. The van der Waals surface area contributed by atoms with Crippen molar-refractivity contribution in [2.24, 2.45) is 0 Å². The van der Waals surface area contributed by atoms with E-state index in [9.17, 15) is 0 Å². The molecular formula is C13H19ClO2. The van der Waals surface area contributed by atoms with Crippen LogP contribution in [0, 0.1) is 0 Å². The minimum Gasteiger partial charge on any atom is -0.353 e. The molecule has 2 nitrogen and oxygen atoms in total. The van der Waals surface area contributed by atoms with Gasteiger partial charge in [0.15, 0.2) is 6.29 Å². The molecular weight excluding hydrogens is 224 g/mol. The zero-order valence-corrected chi connectivity index (χ0v) is 10.6. The minimum atomic E-state index is -0.210.